The summed E-state index contributed by atoms with van der Waals surface area (Å²) in [7, 11) is 0. The molecule has 3 heteroatoms. The summed E-state index contributed by atoms with van der Waals surface area (Å²) < 4.78 is 0. The van der Waals surface area contributed by atoms with Gasteiger partial charge in [-0.1, -0.05) is 6.92 Å². The molecular weight excluding hydrogens is 204 g/mol. The van der Waals surface area contributed by atoms with Crippen molar-refractivity contribution < 1.29 is 0 Å². The van der Waals surface area contributed by atoms with Crippen LogP contribution in [0, 0.1) is 0 Å². The van der Waals surface area contributed by atoms with Crippen molar-refractivity contribution in [2.45, 2.75) is 31.2 Å². The van der Waals surface area contributed by atoms with E-state index in [0.29, 0.717) is 6.04 Å². The van der Waals surface area contributed by atoms with Crippen molar-refractivity contribution in [3.8, 4) is 0 Å². The molecule has 0 saturated heterocycles. The second-order valence-corrected chi connectivity index (χ2v) is 5.16. The maximum absolute atomic E-state index is 5.85. The Balaban J connectivity index is 2.36. The Morgan fingerprint density at radius 1 is 1.53 bits per heavy atom. The van der Waals surface area contributed by atoms with Crippen molar-refractivity contribution >= 4 is 23.1 Å². The van der Waals surface area contributed by atoms with Crippen LogP contribution in [0.25, 0.3) is 0 Å². The van der Waals surface area contributed by atoms with Crippen LogP contribution in [0.4, 0.5) is 11.4 Å². The molecule has 1 aliphatic heterocycles. The van der Waals surface area contributed by atoms with Crippen LogP contribution < -0.4 is 10.6 Å². The van der Waals surface area contributed by atoms with Gasteiger partial charge in [0.15, 0.2) is 0 Å². The minimum absolute atomic E-state index is 0.603. The Morgan fingerprint density at radius 3 is 3.07 bits per heavy atom. The minimum Gasteiger partial charge on any atom is -0.399 e. The first-order chi connectivity index (χ1) is 7.22. The summed E-state index contributed by atoms with van der Waals surface area (Å²) in [5, 5.41) is 0. The fourth-order valence-corrected chi connectivity index (χ4v) is 2.93. The number of thioether (sulfide) groups is 1. The molecule has 82 valence electrons. The summed E-state index contributed by atoms with van der Waals surface area (Å²) in [6.45, 7) is 5.65. The number of rotatable bonds is 2. The zero-order chi connectivity index (χ0) is 10.8. The minimum atomic E-state index is 0.603. The van der Waals surface area contributed by atoms with Gasteiger partial charge in [0.2, 0.25) is 0 Å². The van der Waals surface area contributed by atoms with Crippen LogP contribution in [0.3, 0.4) is 0 Å². The molecule has 1 atom stereocenters. The van der Waals surface area contributed by atoms with Crippen LogP contribution in [-0.4, -0.2) is 18.3 Å². The van der Waals surface area contributed by atoms with E-state index in [1.165, 1.54) is 22.8 Å². The SMILES string of the molecule is CCC(C)N1CCSc2ccc(N)cc21. The molecule has 2 N–H and O–H groups in total. The van der Waals surface area contributed by atoms with Gasteiger partial charge >= 0.3 is 0 Å². The number of nitrogens with two attached hydrogens (primary N) is 1. The van der Waals surface area contributed by atoms with Gasteiger partial charge in [-0.2, -0.15) is 0 Å². The Bertz CT molecular complexity index is 351. The first kappa shape index (κ1) is 10.7. The van der Waals surface area contributed by atoms with Crippen molar-refractivity contribution in [1.29, 1.82) is 0 Å². The molecule has 1 unspecified atom stereocenters. The zero-order valence-electron chi connectivity index (χ0n) is 9.36. The fourth-order valence-electron chi connectivity index (χ4n) is 1.93. The van der Waals surface area contributed by atoms with E-state index in [1.807, 2.05) is 17.8 Å². The monoisotopic (exact) mass is 222 g/mol. The van der Waals surface area contributed by atoms with Gasteiger partial charge in [-0.25, -0.2) is 0 Å². The number of anilines is 2. The lowest BCUT2D eigenvalue weighted by Crippen LogP contribution is -2.36. The molecule has 2 nitrogen and oxygen atoms in total. The van der Waals surface area contributed by atoms with Crippen molar-refractivity contribution in [2.24, 2.45) is 0 Å². The Hall–Kier alpha value is -0.830. The smallest absolute Gasteiger partial charge is 0.0527 e. The van der Waals surface area contributed by atoms with Crippen molar-refractivity contribution in [2.75, 3.05) is 22.9 Å². The maximum atomic E-state index is 5.85. The third kappa shape index (κ3) is 2.07. The van der Waals surface area contributed by atoms with Crippen LogP contribution in [0.15, 0.2) is 23.1 Å². The number of benzene rings is 1. The molecule has 0 bridgehead atoms. The molecule has 2 rings (SSSR count). The van der Waals surface area contributed by atoms with Gasteiger partial charge in [0.1, 0.15) is 0 Å². The summed E-state index contributed by atoms with van der Waals surface area (Å²) in [5.74, 6) is 1.18. The van der Waals surface area contributed by atoms with Crippen LogP contribution in [0.5, 0.6) is 0 Å². The fraction of sp³-hybridized carbons (Fsp3) is 0.500. The second kappa shape index (κ2) is 4.35. The molecule has 0 aromatic heterocycles. The molecule has 1 heterocycles. The van der Waals surface area contributed by atoms with Gasteiger partial charge in [-0.05, 0) is 31.5 Å². The topological polar surface area (TPSA) is 29.3 Å². The standard InChI is InChI=1S/C12H18N2S/c1-3-9(2)14-6-7-15-12-5-4-10(13)8-11(12)14/h4-5,8-9H,3,6-7,13H2,1-2H3. The molecular formula is C12H18N2S. The van der Waals surface area contributed by atoms with E-state index < -0.39 is 0 Å². The van der Waals surface area contributed by atoms with Crippen LogP contribution in [0.2, 0.25) is 0 Å². The number of hydrogen-bond donors (Lipinski definition) is 1. The van der Waals surface area contributed by atoms with Crippen LogP contribution in [-0.2, 0) is 0 Å². The highest BCUT2D eigenvalue weighted by molar-refractivity contribution is 7.99. The summed E-state index contributed by atoms with van der Waals surface area (Å²) >= 11 is 1.93. The third-order valence-corrected chi connectivity index (χ3v) is 4.05. The van der Waals surface area contributed by atoms with Crippen LogP contribution in [0.1, 0.15) is 20.3 Å². The van der Waals surface area contributed by atoms with Crippen molar-refractivity contribution in [3.63, 3.8) is 0 Å². The molecule has 0 fully saturated rings. The molecule has 1 aromatic rings. The van der Waals surface area contributed by atoms with E-state index >= 15 is 0 Å². The molecule has 0 aliphatic carbocycles. The first-order valence-electron chi connectivity index (χ1n) is 5.51. The quantitative estimate of drug-likeness (QED) is 0.780. The summed E-state index contributed by atoms with van der Waals surface area (Å²) in [6.07, 6.45) is 1.18. The molecule has 0 saturated carbocycles. The molecule has 1 aliphatic rings. The second-order valence-electron chi connectivity index (χ2n) is 4.03. The van der Waals surface area contributed by atoms with E-state index in [9.17, 15) is 0 Å². The van der Waals surface area contributed by atoms with E-state index in [-0.39, 0.29) is 0 Å². The highest BCUT2D eigenvalue weighted by atomic mass is 32.2. The number of fused-ring (bicyclic) bond motifs is 1. The summed E-state index contributed by atoms with van der Waals surface area (Å²) in [4.78, 5) is 3.85. The Morgan fingerprint density at radius 2 is 2.33 bits per heavy atom. The molecule has 0 spiro atoms. The van der Waals surface area contributed by atoms with Gasteiger partial charge in [-0.3, -0.25) is 0 Å². The highest BCUT2D eigenvalue weighted by Crippen LogP contribution is 2.37. The van der Waals surface area contributed by atoms with E-state index in [2.05, 4.69) is 30.9 Å². The number of hydrogen-bond acceptors (Lipinski definition) is 3. The normalized spacial score (nSPS) is 17.3. The first-order valence-corrected chi connectivity index (χ1v) is 6.50. The Labute approximate surface area is 95.8 Å². The van der Waals surface area contributed by atoms with E-state index in [4.69, 9.17) is 5.73 Å². The average Bonchev–Trinajstić information content (AvgIpc) is 2.27. The summed E-state index contributed by atoms with van der Waals surface area (Å²) in [6, 6.07) is 6.84. The highest BCUT2D eigenvalue weighted by Gasteiger charge is 2.20. The van der Waals surface area contributed by atoms with Gasteiger partial charge in [0.05, 0.1) is 5.69 Å². The largest absolute Gasteiger partial charge is 0.399 e. The molecule has 15 heavy (non-hydrogen) atoms. The average molecular weight is 222 g/mol. The van der Waals surface area contributed by atoms with Gasteiger partial charge in [0, 0.05) is 28.9 Å². The van der Waals surface area contributed by atoms with Crippen LogP contribution >= 0.6 is 11.8 Å². The van der Waals surface area contributed by atoms with Gasteiger partial charge < -0.3 is 10.6 Å². The summed E-state index contributed by atoms with van der Waals surface area (Å²) in [5.41, 5.74) is 8.04. The van der Waals surface area contributed by atoms with E-state index in [0.717, 1.165) is 12.2 Å². The predicted molar refractivity (Wildman–Crippen MR) is 68.7 cm³/mol. The van der Waals surface area contributed by atoms with Gasteiger partial charge in [-0.15, -0.1) is 11.8 Å². The third-order valence-electron chi connectivity index (χ3n) is 3.01. The zero-order valence-corrected chi connectivity index (χ0v) is 10.2. The molecule has 0 amide bonds. The maximum Gasteiger partial charge on any atom is 0.0527 e. The number of nitrogen functional groups attached to an aromatic ring is 1. The lowest BCUT2D eigenvalue weighted by atomic mass is 10.1. The predicted octanol–water partition coefficient (Wildman–Crippen LogP) is 2.98. The van der Waals surface area contributed by atoms with E-state index in [1.54, 1.807) is 0 Å². The lowest BCUT2D eigenvalue weighted by Gasteiger charge is -2.35. The van der Waals surface area contributed by atoms with Gasteiger partial charge in [0.25, 0.3) is 0 Å². The molecule has 0 radical (unpaired) electrons. The van der Waals surface area contributed by atoms with Crippen molar-refractivity contribution in [1.82, 2.24) is 0 Å². The molecule has 1 aromatic carbocycles. The number of nitrogens with zero attached hydrogens (tertiary/aromatic N) is 1. The lowest BCUT2D eigenvalue weighted by molar-refractivity contribution is 0.625. The Kier molecular flexibility index (Phi) is 3.10. The van der Waals surface area contributed by atoms with Crippen molar-refractivity contribution in [3.05, 3.63) is 18.2 Å².